The van der Waals surface area contributed by atoms with Crippen LogP contribution in [0.4, 0.5) is 20.2 Å². The summed E-state index contributed by atoms with van der Waals surface area (Å²) in [6.45, 7) is 4.39. The molecule has 3 N–H and O–H groups in total. The monoisotopic (exact) mass is 618 g/mol. The third-order valence-electron chi connectivity index (χ3n) is 7.43. The number of benzene rings is 2. The molecule has 2 aromatic carbocycles. The number of β-amino-alcohol motifs (C(OH)–C–C–N with tert-alkyl or cyclic N) is 1. The van der Waals surface area contributed by atoms with Gasteiger partial charge >= 0.3 is 0 Å². The number of aliphatic hydroxyl groups is 1. The number of nitrogens with one attached hydrogen (secondary N) is 2. The average Bonchev–Trinajstić information content (AvgIpc) is 3.30. The molecule has 4 rings (SSSR count). The molecule has 0 aliphatic carbocycles. The first kappa shape index (κ1) is 32.5. The summed E-state index contributed by atoms with van der Waals surface area (Å²) >= 11 is 0. The zero-order valence-corrected chi connectivity index (χ0v) is 25.8. The van der Waals surface area contributed by atoms with Crippen LogP contribution in [0.2, 0.25) is 0 Å². The molecule has 3 atom stereocenters. The van der Waals surface area contributed by atoms with E-state index in [9.17, 15) is 17.9 Å². The minimum atomic E-state index is -3.60. The lowest BCUT2D eigenvalue weighted by atomic mass is 10.0. The number of rotatable bonds is 12. The molecule has 0 amide bonds. The van der Waals surface area contributed by atoms with Crippen LogP contribution in [0.5, 0.6) is 5.75 Å². The van der Waals surface area contributed by atoms with E-state index in [1.54, 1.807) is 0 Å². The number of fused-ring (bicyclic) bond motifs is 1. The number of halogens is 2. The van der Waals surface area contributed by atoms with Crippen molar-refractivity contribution in [3.05, 3.63) is 47.9 Å². The third kappa shape index (κ3) is 7.97. The maximum atomic E-state index is 15.2. The van der Waals surface area contributed by atoms with E-state index in [0.29, 0.717) is 19.5 Å². The van der Waals surface area contributed by atoms with E-state index in [4.69, 9.17) is 9.47 Å². The van der Waals surface area contributed by atoms with Crippen LogP contribution in [-0.2, 0) is 21.1 Å². The third-order valence-corrected chi connectivity index (χ3v) is 8.53. The van der Waals surface area contributed by atoms with E-state index in [1.165, 1.54) is 20.3 Å². The van der Waals surface area contributed by atoms with Crippen LogP contribution in [0, 0.1) is 17.7 Å². The Hall–Kier alpha value is -3.37. The van der Waals surface area contributed by atoms with Crippen molar-refractivity contribution >= 4 is 32.1 Å². The molecule has 0 unspecified atom stereocenters. The summed E-state index contributed by atoms with van der Waals surface area (Å²) in [5.41, 5.74) is 2.60. The number of methoxy groups -OCH3 is 2. The molecule has 12 heteroatoms. The molecule has 43 heavy (non-hydrogen) atoms. The van der Waals surface area contributed by atoms with Gasteiger partial charge in [0.25, 0.3) is 0 Å². The van der Waals surface area contributed by atoms with Crippen LogP contribution < -0.4 is 15.4 Å². The number of nitrogens with zero attached hydrogens (tertiary/aromatic N) is 2. The molecule has 1 saturated heterocycles. The lowest BCUT2D eigenvalue weighted by molar-refractivity contribution is 0.0215. The fourth-order valence-electron chi connectivity index (χ4n) is 5.39. The first-order valence-electron chi connectivity index (χ1n) is 14.3. The van der Waals surface area contributed by atoms with Gasteiger partial charge in [-0.15, -0.1) is 0 Å². The Kier molecular flexibility index (Phi) is 10.9. The van der Waals surface area contributed by atoms with Gasteiger partial charge in [0, 0.05) is 56.7 Å². The highest BCUT2D eigenvalue weighted by Crippen LogP contribution is 2.32. The van der Waals surface area contributed by atoms with E-state index in [0.717, 1.165) is 47.6 Å². The number of likely N-dealkylation sites (tertiary alicyclic amines) is 1. The number of anilines is 2. The molecule has 1 fully saturated rings. The number of piperidine rings is 1. The normalized spacial score (nSPS) is 18.2. The lowest BCUT2D eigenvalue weighted by Gasteiger charge is -2.36. The van der Waals surface area contributed by atoms with E-state index in [2.05, 4.69) is 34.0 Å². The Morgan fingerprint density at radius 3 is 2.70 bits per heavy atom. The second kappa shape index (κ2) is 14.4. The smallest absolute Gasteiger partial charge is 0.175 e. The molecule has 0 spiro atoms. The highest BCUT2D eigenvalue weighted by Gasteiger charge is 2.30. The van der Waals surface area contributed by atoms with Gasteiger partial charge in [-0.05, 0) is 43.0 Å². The Balaban J connectivity index is 1.51. The SMILES string of the molecule is CCCn1c(C#CCNc2c(F)cc(S(C)(=O)=O)cc2OC)cc2c(N[C@H]3CCN(C[C@@H](O)COC)C[C@H]3F)cccc21. The second-order valence-corrected chi connectivity index (χ2v) is 12.8. The zero-order chi connectivity index (χ0) is 31.1. The standard InChI is InChI=1S/C31H40F2N4O5S/c1-5-13-37-21(8-7-12-34-31-25(32)16-23(43(4,39)40)17-30(31)42-3)15-24-27(9-6-10-29(24)37)35-28-11-14-36(19-26(28)33)18-22(38)20-41-2/h6,9-10,15-17,22,26,28,34-35,38H,5,11-14,18-20H2,1-4H3/t22-,26-,28+/m1/s1. The quantitative estimate of drug-likeness (QED) is 0.263. The molecule has 0 bridgehead atoms. The number of ether oxygens (including phenoxy) is 2. The Morgan fingerprint density at radius 1 is 1.23 bits per heavy atom. The fourth-order valence-corrected chi connectivity index (χ4v) is 6.03. The minimum Gasteiger partial charge on any atom is -0.494 e. The van der Waals surface area contributed by atoms with Gasteiger partial charge in [-0.1, -0.05) is 18.9 Å². The molecular weight excluding hydrogens is 578 g/mol. The summed E-state index contributed by atoms with van der Waals surface area (Å²) < 4.78 is 66.0. The van der Waals surface area contributed by atoms with Gasteiger partial charge < -0.3 is 29.8 Å². The summed E-state index contributed by atoms with van der Waals surface area (Å²) in [5.74, 6) is 5.53. The highest BCUT2D eigenvalue weighted by atomic mass is 32.2. The molecule has 1 aliphatic heterocycles. The van der Waals surface area contributed by atoms with Crippen molar-refractivity contribution < 1.29 is 31.8 Å². The van der Waals surface area contributed by atoms with Crippen molar-refractivity contribution in [2.24, 2.45) is 0 Å². The van der Waals surface area contributed by atoms with Crippen LogP contribution in [0.25, 0.3) is 10.9 Å². The summed E-state index contributed by atoms with van der Waals surface area (Å²) in [6.07, 6.45) is 0.724. The highest BCUT2D eigenvalue weighted by molar-refractivity contribution is 7.90. The van der Waals surface area contributed by atoms with E-state index < -0.39 is 27.9 Å². The number of hydrogen-bond donors (Lipinski definition) is 3. The number of aliphatic hydroxyl groups excluding tert-OH is 1. The number of alkyl halides is 1. The first-order valence-corrected chi connectivity index (χ1v) is 16.2. The Bertz CT molecular complexity index is 1580. The second-order valence-electron chi connectivity index (χ2n) is 10.8. The molecule has 1 aliphatic rings. The minimum absolute atomic E-state index is 0.0322. The topological polar surface area (TPSA) is 105 Å². The number of aromatic nitrogens is 1. The predicted molar refractivity (Wildman–Crippen MR) is 165 cm³/mol. The van der Waals surface area contributed by atoms with Crippen LogP contribution in [0.15, 0.2) is 41.3 Å². The van der Waals surface area contributed by atoms with Crippen molar-refractivity contribution in [3.63, 3.8) is 0 Å². The van der Waals surface area contributed by atoms with E-state index >= 15 is 4.39 Å². The molecular formula is C31H40F2N4O5S. The first-order chi connectivity index (χ1) is 20.5. The molecule has 0 saturated carbocycles. The largest absolute Gasteiger partial charge is 0.494 e. The van der Waals surface area contributed by atoms with Crippen molar-refractivity contribution in [1.82, 2.24) is 9.47 Å². The average molecular weight is 619 g/mol. The van der Waals surface area contributed by atoms with Gasteiger partial charge in [-0.3, -0.25) is 4.90 Å². The van der Waals surface area contributed by atoms with Crippen molar-refractivity contribution in [3.8, 4) is 17.6 Å². The van der Waals surface area contributed by atoms with E-state index in [1.807, 2.05) is 29.2 Å². The van der Waals surface area contributed by atoms with Crippen LogP contribution in [-0.4, -0.2) is 94.6 Å². The maximum absolute atomic E-state index is 15.2. The van der Waals surface area contributed by atoms with Gasteiger partial charge in [0.2, 0.25) is 0 Å². The number of sulfone groups is 1. The van der Waals surface area contributed by atoms with Crippen LogP contribution in [0.1, 0.15) is 25.5 Å². The molecule has 234 valence electrons. The Labute approximate surface area is 252 Å². The summed E-state index contributed by atoms with van der Waals surface area (Å²) in [6, 6.07) is 9.73. The maximum Gasteiger partial charge on any atom is 0.175 e. The van der Waals surface area contributed by atoms with Gasteiger partial charge in [0.05, 0.1) is 48.5 Å². The number of aryl methyl sites for hydroxylation is 1. The summed E-state index contributed by atoms with van der Waals surface area (Å²) in [4.78, 5) is 1.76. The van der Waals surface area contributed by atoms with Crippen molar-refractivity contribution in [1.29, 1.82) is 0 Å². The molecule has 3 aromatic rings. The van der Waals surface area contributed by atoms with Gasteiger partial charge in [0.1, 0.15) is 17.6 Å². The van der Waals surface area contributed by atoms with Gasteiger partial charge in [-0.25, -0.2) is 17.2 Å². The molecule has 0 radical (unpaired) electrons. The molecule has 2 heterocycles. The summed E-state index contributed by atoms with van der Waals surface area (Å²) in [7, 11) is -0.733. The van der Waals surface area contributed by atoms with Crippen LogP contribution in [0.3, 0.4) is 0 Å². The van der Waals surface area contributed by atoms with Crippen molar-refractivity contribution in [2.75, 3.05) is 63.9 Å². The lowest BCUT2D eigenvalue weighted by Crippen LogP contribution is -2.50. The van der Waals surface area contributed by atoms with E-state index in [-0.39, 0.29) is 42.1 Å². The van der Waals surface area contributed by atoms with Crippen molar-refractivity contribution in [2.45, 2.75) is 49.5 Å². The van der Waals surface area contributed by atoms with Crippen LogP contribution >= 0.6 is 0 Å². The fraction of sp³-hybridized carbons (Fsp3) is 0.484. The van der Waals surface area contributed by atoms with Gasteiger partial charge in [-0.2, -0.15) is 0 Å². The molecule has 9 nitrogen and oxygen atoms in total. The Morgan fingerprint density at radius 2 is 2.02 bits per heavy atom. The number of hydrogen-bond acceptors (Lipinski definition) is 8. The zero-order valence-electron chi connectivity index (χ0n) is 25.0. The van der Waals surface area contributed by atoms with Gasteiger partial charge in [0.15, 0.2) is 15.7 Å². The summed E-state index contributed by atoms with van der Waals surface area (Å²) in [5, 5.41) is 17.3. The predicted octanol–water partition coefficient (Wildman–Crippen LogP) is 3.90. The molecule has 1 aromatic heterocycles.